The number of aliphatic hydroxyl groups is 1. The zero-order valence-corrected chi connectivity index (χ0v) is 10.7. The van der Waals surface area contributed by atoms with Crippen LogP contribution in [0.3, 0.4) is 0 Å². The normalized spacial score (nSPS) is 24.1. The molecule has 1 amide bonds. The molecule has 1 aliphatic heterocycles. The van der Waals surface area contributed by atoms with Gasteiger partial charge in [0.2, 0.25) is 5.91 Å². The molecule has 19 heavy (non-hydrogen) atoms. The monoisotopic (exact) mass is 293 g/mol. The SMILES string of the molecule is CN1C(=O)CCC1(O)c1ccc(Cl)c(C(F)(F)F)c1. The van der Waals surface area contributed by atoms with Crippen molar-refractivity contribution in [3.05, 3.63) is 34.3 Å². The predicted octanol–water partition coefficient (Wildman–Crippen LogP) is 2.76. The molecule has 2 rings (SSSR count). The molecule has 3 nitrogen and oxygen atoms in total. The summed E-state index contributed by atoms with van der Waals surface area (Å²) in [5, 5.41) is 9.94. The van der Waals surface area contributed by atoms with Crippen LogP contribution in [-0.4, -0.2) is 23.0 Å². The molecule has 0 saturated carbocycles. The third-order valence-electron chi connectivity index (χ3n) is 3.35. The average Bonchev–Trinajstić information content (AvgIpc) is 2.57. The van der Waals surface area contributed by atoms with E-state index in [1.54, 1.807) is 0 Å². The third kappa shape index (κ3) is 2.30. The fourth-order valence-electron chi connectivity index (χ4n) is 2.15. The van der Waals surface area contributed by atoms with Crippen molar-refractivity contribution in [2.24, 2.45) is 0 Å². The number of hydrogen-bond donors (Lipinski definition) is 1. The number of carbonyl (C=O) groups excluding carboxylic acids is 1. The van der Waals surface area contributed by atoms with Gasteiger partial charge in [0.1, 0.15) is 0 Å². The molecule has 0 bridgehead atoms. The van der Waals surface area contributed by atoms with Crippen molar-refractivity contribution < 1.29 is 23.1 Å². The molecule has 0 radical (unpaired) electrons. The Labute approximate surface area is 112 Å². The summed E-state index contributed by atoms with van der Waals surface area (Å²) in [6, 6.07) is 3.17. The van der Waals surface area contributed by atoms with Crippen molar-refractivity contribution >= 4 is 17.5 Å². The molecule has 1 atom stereocenters. The fourth-order valence-corrected chi connectivity index (χ4v) is 2.38. The van der Waals surface area contributed by atoms with E-state index in [-0.39, 0.29) is 24.3 Å². The molecule has 7 heteroatoms. The zero-order valence-electron chi connectivity index (χ0n) is 9.96. The van der Waals surface area contributed by atoms with E-state index in [1.165, 1.54) is 13.1 Å². The molecule has 1 fully saturated rings. The molecule has 1 aliphatic rings. The second-order valence-corrected chi connectivity index (χ2v) is 4.87. The number of likely N-dealkylation sites (tertiary alicyclic amines) is 1. The van der Waals surface area contributed by atoms with E-state index in [4.69, 9.17) is 11.6 Å². The molecule has 1 unspecified atom stereocenters. The van der Waals surface area contributed by atoms with E-state index < -0.39 is 22.5 Å². The minimum atomic E-state index is -4.61. The molecular formula is C12H11ClF3NO2. The van der Waals surface area contributed by atoms with Crippen LogP contribution in [0.15, 0.2) is 18.2 Å². The van der Waals surface area contributed by atoms with Crippen LogP contribution in [0.4, 0.5) is 13.2 Å². The number of alkyl halides is 3. The highest BCUT2D eigenvalue weighted by Crippen LogP contribution is 2.41. The molecule has 1 saturated heterocycles. The average molecular weight is 294 g/mol. The van der Waals surface area contributed by atoms with Crippen molar-refractivity contribution in [2.75, 3.05) is 7.05 Å². The number of benzene rings is 1. The molecule has 1 aromatic rings. The first-order chi connectivity index (χ1) is 8.66. The third-order valence-corrected chi connectivity index (χ3v) is 3.68. The van der Waals surface area contributed by atoms with Crippen LogP contribution in [0.25, 0.3) is 0 Å². The molecule has 0 aromatic heterocycles. The highest BCUT2D eigenvalue weighted by Gasteiger charge is 2.44. The first-order valence-electron chi connectivity index (χ1n) is 5.52. The molecule has 1 N–H and O–H groups in total. The van der Waals surface area contributed by atoms with Crippen molar-refractivity contribution in [3.8, 4) is 0 Å². The van der Waals surface area contributed by atoms with Gasteiger partial charge in [0.25, 0.3) is 0 Å². The number of nitrogens with zero attached hydrogens (tertiary/aromatic N) is 1. The Bertz CT molecular complexity index is 532. The van der Waals surface area contributed by atoms with Gasteiger partial charge in [-0.15, -0.1) is 0 Å². The summed E-state index contributed by atoms with van der Waals surface area (Å²) in [7, 11) is 1.36. The van der Waals surface area contributed by atoms with Gasteiger partial charge in [-0.2, -0.15) is 13.2 Å². The Balaban J connectivity index is 2.50. The first kappa shape index (κ1) is 14.1. The van der Waals surface area contributed by atoms with Crippen molar-refractivity contribution in [2.45, 2.75) is 24.7 Å². The van der Waals surface area contributed by atoms with E-state index >= 15 is 0 Å². The maximum absolute atomic E-state index is 12.8. The van der Waals surface area contributed by atoms with Crippen LogP contribution in [0.5, 0.6) is 0 Å². The number of halogens is 4. The summed E-state index contributed by atoms with van der Waals surface area (Å²) in [5.41, 5.74) is -2.72. The number of rotatable bonds is 1. The second-order valence-electron chi connectivity index (χ2n) is 4.46. The smallest absolute Gasteiger partial charge is 0.367 e. The van der Waals surface area contributed by atoms with E-state index in [1.807, 2.05) is 0 Å². The van der Waals surface area contributed by atoms with Gasteiger partial charge in [0.05, 0.1) is 10.6 Å². The molecule has 1 aromatic carbocycles. The van der Waals surface area contributed by atoms with Crippen molar-refractivity contribution in [1.82, 2.24) is 4.90 Å². The fraction of sp³-hybridized carbons (Fsp3) is 0.417. The Morgan fingerprint density at radius 1 is 1.42 bits per heavy atom. The van der Waals surface area contributed by atoms with Gasteiger partial charge < -0.3 is 10.0 Å². The van der Waals surface area contributed by atoms with Crippen LogP contribution in [-0.2, 0) is 16.7 Å². The van der Waals surface area contributed by atoms with Crippen molar-refractivity contribution in [1.29, 1.82) is 0 Å². The molecule has 0 spiro atoms. The number of carbonyl (C=O) groups is 1. The zero-order chi connectivity index (χ0) is 14.4. The summed E-state index contributed by atoms with van der Waals surface area (Å²) < 4.78 is 38.3. The largest absolute Gasteiger partial charge is 0.417 e. The van der Waals surface area contributed by atoms with E-state index in [9.17, 15) is 23.1 Å². The van der Waals surface area contributed by atoms with Crippen LogP contribution in [0.2, 0.25) is 5.02 Å². The highest BCUT2D eigenvalue weighted by atomic mass is 35.5. The summed E-state index contributed by atoms with van der Waals surface area (Å²) in [6.07, 6.45) is -4.46. The maximum Gasteiger partial charge on any atom is 0.417 e. The van der Waals surface area contributed by atoms with Crippen LogP contribution in [0, 0.1) is 0 Å². The summed E-state index contributed by atoms with van der Waals surface area (Å²) >= 11 is 5.52. The minimum Gasteiger partial charge on any atom is -0.367 e. The highest BCUT2D eigenvalue weighted by molar-refractivity contribution is 6.31. The van der Waals surface area contributed by atoms with Gasteiger partial charge in [-0.1, -0.05) is 17.7 Å². The predicted molar refractivity (Wildman–Crippen MR) is 62.4 cm³/mol. The standard InChI is InChI=1S/C12H11ClF3NO2/c1-17-10(18)4-5-11(17,19)7-2-3-9(13)8(6-7)12(14,15)16/h2-3,6,19H,4-5H2,1H3. The Kier molecular flexibility index (Phi) is 3.26. The van der Waals surface area contributed by atoms with Gasteiger partial charge in [-0.25, -0.2) is 0 Å². The van der Waals surface area contributed by atoms with Crippen LogP contribution in [0.1, 0.15) is 24.0 Å². The van der Waals surface area contributed by atoms with Crippen LogP contribution >= 0.6 is 11.6 Å². The lowest BCUT2D eigenvalue weighted by Gasteiger charge is -2.31. The summed E-state index contributed by atoms with van der Waals surface area (Å²) in [6.45, 7) is 0. The van der Waals surface area contributed by atoms with Gasteiger partial charge in [-0.3, -0.25) is 4.79 Å². The number of amides is 1. The van der Waals surface area contributed by atoms with E-state index in [0.29, 0.717) is 0 Å². The molecule has 1 heterocycles. The lowest BCUT2D eigenvalue weighted by molar-refractivity contribution is -0.143. The quantitative estimate of drug-likeness (QED) is 0.865. The van der Waals surface area contributed by atoms with E-state index in [2.05, 4.69) is 0 Å². The summed E-state index contributed by atoms with van der Waals surface area (Å²) in [5.74, 6) is -0.314. The minimum absolute atomic E-state index is 0.0116. The van der Waals surface area contributed by atoms with E-state index in [0.717, 1.165) is 17.0 Å². The van der Waals surface area contributed by atoms with Gasteiger partial charge in [-0.05, 0) is 12.1 Å². The molecule has 104 valence electrons. The Morgan fingerprint density at radius 2 is 2.05 bits per heavy atom. The lowest BCUT2D eigenvalue weighted by atomic mass is 9.98. The van der Waals surface area contributed by atoms with Gasteiger partial charge in [0.15, 0.2) is 5.72 Å². The summed E-state index contributed by atoms with van der Waals surface area (Å²) in [4.78, 5) is 12.5. The van der Waals surface area contributed by atoms with Crippen LogP contribution < -0.4 is 0 Å². The Morgan fingerprint density at radius 3 is 2.53 bits per heavy atom. The molecule has 0 aliphatic carbocycles. The van der Waals surface area contributed by atoms with Crippen molar-refractivity contribution in [3.63, 3.8) is 0 Å². The van der Waals surface area contributed by atoms with Gasteiger partial charge in [0, 0.05) is 25.5 Å². The lowest BCUT2D eigenvalue weighted by Crippen LogP contribution is -2.40. The topological polar surface area (TPSA) is 40.5 Å². The first-order valence-corrected chi connectivity index (χ1v) is 5.90. The number of hydrogen-bond acceptors (Lipinski definition) is 2. The molecular weight excluding hydrogens is 283 g/mol. The maximum atomic E-state index is 12.8. The van der Waals surface area contributed by atoms with Gasteiger partial charge >= 0.3 is 6.18 Å². The Hall–Kier alpha value is -1.27. The second kappa shape index (κ2) is 4.38.